The van der Waals surface area contributed by atoms with Gasteiger partial charge < -0.3 is 0 Å². The molecular formula is C27H27FN4O3S2. The maximum atomic E-state index is 13.7. The number of carbonyl (C=O) groups excluding carboxylic acids is 1. The molecule has 3 aromatic carbocycles. The molecule has 1 aromatic heterocycles. The number of rotatable bonds is 9. The third kappa shape index (κ3) is 6.10. The SMILES string of the molecule is CCCCN(C)S(=O)(=O)c1ccc(C(=O)N(/N=C/c2ccc(C)cc2)c2nc3ccc(F)cc3s2)cc1. The van der Waals surface area contributed by atoms with Crippen LogP contribution in [0.15, 0.2) is 76.7 Å². The number of nitrogens with zero attached hydrogens (tertiary/aromatic N) is 4. The molecular weight excluding hydrogens is 511 g/mol. The zero-order valence-electron chi connectivity index (χ0n) is 20.8. The molecule has 0 spiro atoms. The molecule has 1 heterocycles. The maximum absolute atomic E-state index is 13.7. The van der Waals surface area contributed by atoms with Crippen molar-refractivity contribution in [1.82, 2.24) is 9.29 Å². The fraction of sp³-hybridized carbons (Fsp3) is 0.222. The predicted molar refractivity (Wildman–Crippen MR) is 146 cm³/mol. The Bertz CT molecular complexity index is 1530. The summed E-state index contributed by atoms with van der Waals surface area (Å²) in [5.74, 6) is -0.893. The molecule has 7 nitrogen and oxygen atoms in total. The average Bonchev–Trinajstić information content (AvgIpc) is 3.31. The Labute approximate surface area is 219 Å². The summed E-state index contributed by atoms with van der Waals surface area (Å²) in [6, 6.07) is 17.6. The van der Waals surface area contributed by atoms with Gasteiger partial charge in [0.2, 0.25) is 15.2 Å². The quantitative estimate of drug-likeness (QED) is 0.198. The van der Waals surface area contributed by atoms with Crippen molar-refractivity contribution in [3.05, 3.63) is 89.2 Å². The van der Waals surface area contributed by atoms with Crippen LogP contribution in [0.2, 0.25) is 0 Å². The zero-order chi connectivity index (χ0) is 26.6. The molecule has 0 aliphatic rings. The summed E-state index contributed by atoms with van der Waals surface area (Å²) in [7, 11) is -2.12. The van der Waals surface area contributed by atoms with Gasteiger partial charge in [-0.3, -0.25) is 4.79 Å². The molecule has 0 unspecified atom stereocenters. The second-order valence-corrected chi connectivity index (χ2v) is 11.6. The summed E-state index contributed by atoms with van der Waals surface area (Å²) in [5, 5.41) is 5.83. The zero-order valence-corrected chi connectivity index (χ0v) is 22.4. The highest BCUT2D eigenvalue weighted by molar-refractivity contribution is 7.89. The molecule has 10 heteroatoms. The Balaban J connectivity index is 1.67. The van der Waals surface area contributed by atoms with E-state index in [-0.39, 0.29) is 15.6 Å². The van der Waals surface area contributed by atoms with Crippen molar-refractivity contribution >= 4 is 48.8 Å². The molecule has 0 aliphatic heterocycles. The number of anilines is 1. The lowest BCUT2D eigenvalue weighted by Crippen LogP contribution is -2.28. The molecule has 0 radical (unpaired) electrons. The lowest BCUT2D eigenvalue weighted by atomic mass is 10.2. The number of hydrogen-bond donors (Lipinski definition) is 0. The summed E-state index contributed by atoms with van der Waals surface area (Å²) in [4.78, 5) is 18.1. The van der Waals surface area contributed by atoms with Gasteiger partial charge in [-0.15, -0.1) is 0 Å². The number of aryl methyl sites for hydroxylation is 1. The molecule has 0 bridgehead atoms. The van der Waals surface area contributed by atoms with E-state index in [1.807, 2.05) is 38.1 Å². The van der Waals surface area contributed by atoms with Crippen molar-refractivity contribution < 1.29 is 17.6 Å². The summed E-state index contributed by atoms with van der Waals surface area (Å²) in [6.45, 7) is 4.39. The van der Waals surface area contributed by atoms with Crippen LogP contribution in [0.25, 0.3) is 10.2 Å². The maximum Gasteiger partial charge on any atom is 0.280 e. The standard InChI is InChI=1S/C27H27FN4O3S2/c1-4-5-16-31(3)37(34,35)23-13-10-21(11-14-23)26(33)32(29-18-20-8-6-19(2)7-9-20)27-30-24-15-12-22(28)17-25(24)36-27/h6-15,17-18H,4-5,16H2,1-3H3/b29-18+. The number of aromatic nitrogens is 1. The van der Waals surface area contributed by atoms with Gasteiger partial charge >= 0.3 is 0 Å². The van der Waals surface area contributed by atoms with E-state index in [0.29, 0.717) is 16.8 Å². The lowest BCUT2D eigenvalue weighted by molar-refractivity contribution is 0.0987. The number of hydrazone groups is 1. The van der Waals surface area contributed by atoms with E-state index >= 15 is 0 Å². The van der Waals surface area contributed by atoms with Crippen LogP contribution in [-0.4, -0.2) is 43.4 Å². The van der Waals surface area contributed by atoms with E-state index in [0.717, 1.165) is 40.3 Å². The van der Waals surface area contributed by atoms with Gasteiger partial charge in [0.1, 0.15) is 5.82 Å². The molecule has 1 amide bonds. The Kier molecular flexibility index (Phi) is 8.11. The highest BCUT2D eigenvalue weighted by Gasteiger charge is 2.24. The van der Waals surface area contributed by atoms with E-state index in [2.05, 4.69) is 10.1 Å². The van der Waals surface area contributed by atoms with Crippen LogP contribution in [0.4, 0.5) is 9.52 Å². The van der Waals surface area contributed by atoms with Crippen LogP contribution in [0, 0.1) is 12.7 Å². The minimum absolute atomic E-state index is 0.104. The van der Waals surface area contributed by atoms with Gasteiger partial charge in [0, 0.05) is 19.2 Å². The third-order valence-corrected chi connectivity index (χ3v) is 8.61. The van der Waals surface area contributed by atoms with E-state index in [1.54, 1.807) is 19.3 Å². The number of benzene rings is 3. The Morgan fingerprint density at radius 1 is 1.08 bits per heavy atom. The molecule has 0 saturated carbocycles. The Morgan fingerprint density at radius 3 is 2.46 bits per heavy atom. The van der Waals surface area contributed by atoms with Crippen molar-refractivity contribution in [1.29, 1.82) is 0 Å². The summed E-state index contributed by atoms with van der Waals surface area (Å²) >= 11 is 1.14. The normalized spacial score (nSPS) is 12.0. The smallest absolute Gasteiger partial charge is 0.267 e. The first kappa shape index (κ1) is 26.6. The first-order chi connectivity index (χ1) is 17.7. The first-order valence-corrected chi connectivity index (χ1v) is 14.0. The topological polar surface area (TPSA) is 82.9 Å². The molecule has 37 heavy (non-hydrogen) atoms. The predicted octanol–water partition coefficient (Wildman–Crippen LogP) is 5.85. The van der Waals surface area contributed by atoms with Gasteiger partial charge in [-0.05, 0) is 61.4 Å². The summed E-state index contributed by atoms with van der Waals surface area (Å²) < 4.78 is 41.3. The van der Waals surface area contributed by atoms with Gasteiger partial charge in [0.15, 0.2) is 0 Å². The molecule has 0 atom stereocenters. The van der Waals surface area contributed by atoms with Crippen LogP contribution in [0.3, 0.4) is 0 Å². The number of amides is 1. The molecule has 0 N–H and O–H groups in total. The van der Waals surface area contributed by atoms with Gasteiger partial charge in [0.25, 0.3) is 5.91 Å². The first-order valence-electron chi connectivity index (χ1n) is 11.8. The number of sulfonamides is 1. The number of thiazole rings is 1. The van der Waals surface area contributed by atoms with Crippen molar-refractivity contribution in [3.63, 3.8) is 0 Å². The minimum atomic E-state index is -3.66. The Hall–Kier alpha value is -3.47. The number of halogens is 1. The van der Waals surface area contributed by atoms with Crippen LogP contribution >= 0.6 is 11.3 Å². The lowest BCUT2D eigenvalue weighted by Gasteiger charge is -2.17. The van der Waals surface area contributed by atoms with Crippen LogP contribution in [-0.2, 0) is 10.0 Å². The average molecular weight is 539 g/mol. The molecule has 0 aliphatic carbocycles. The van der Waals surface area contributed by atoms with Crippen molar-refractivity contribution in [3.8, 4) is 0 Å². The van der Waals surface area contributed by atoms with Crippen LogP contribution in [0.1, 0.15) is 41.3 Å². The van der Waals surface area contributed by atoms with Gasteiger partial charge in [-0.2, -0.15) is 10.1 Å². The van der Waals surface area contributed by atoms with Gasteiger partial charge in [0.05, 0.1) is 21.3 Å². The molecule has 0 saturated heterocycles. The second-order valence-electron chi connectivity index (χ2n) is 8.59. The molecule has 4 aromatic rings. The fourth-order valence-electron chi connectivity index (χ4n) is 3.52. The van der Waals surface area contributed by atoms with E-state index in [4.69, 9.17) is 0 Å². The van der Waals surface area contributed by atoms with Crippen molar-refractivity contribution in [2.24, 2.45) is 5.10 Å². The molecule has 192 valence electrons. The largest absolute Gasteiger partial charge is 0.280 e. The van der Waals surface area contributed by atoms with Crippen molar-refractivity contribution in [2.75, 3.05) is 18.6 Å². The third-order valence-electron chi connectivity index (χ3n) is 5.75. The highest BCUT2D eigenvalue weighted by Crippen LogP contribution is 2.31. The monoisotopic (exact) mass is 538 g/mol. The summed E-state index contributed by atoms with van der Waals surface area (Å²) in [6.07, 6.45) is 3.18. The minimum Gasteiger partial charge on any atom is -0.267 e. The van der Waals surface area contributed by atoms with Gasteiger partial charge in [-0.1, -0.05) is 54.5 Å². The molecule has 4 rings (SSSR count). The van der Waals surface area contributed by atoms with Crippen LogP contribution < -0.4 is 5.01 Å². The Morgan fingerprint density at radius 2 is 1.78 bits per heavy atom. The number of carbonyl (C=O) groups is 1. The highest BCUT2D eigenvalue weighted by atomic mass is 32.2. The number of unbranched alkanes of at least 4 members (excludes halogenated alkanes) is 1. The van der Waals surface area contributed by atoms with Gasteiger partial charge in [-0.25, -0.2) is 22.1 Å². The fourth-order valence-corrected chi connectivity index (χ4v) is 5.67. The molecule has 0 fully saturated rings. The van der Waals surface area contributed by atoms with E-state index < -0.39 is 21.7 Å². The van der Waals surface area contributed by atoms with E-state index in [1.165, 1.54) is 40.7 Å². The second kappa shape index (κ2) is 11.3. The van der Waals surface area contributed by atoms with E-state index in [9.17, 15) is 17.6 Å². The van der Waals surface area contributed by atoms with Crippen molar-refractivity contribution in [2.45, 2.75) is 31.6 Å². The number of hydrogen-bond acceptors (Lipinski definition) is 6. The number of fused-ring (bicyclic) bond motifs is 1. The van der Waals surface area contributed by atoms with Crippen LogP contribution in [0.5, 0.6) is 0 Å². The summed E-state index contributed by atoms with van der Waals surface area (Å²) in [5.41, 5.74) is 2.66.